The first-order chi connectivity index (χ1) is 6.22. The molecule has 1 unspecified atom stereocenters. The molecule has 1 aliphatic heterocycles. The van der Waals surface area contributed by atoms with Crippen molar-refractivity contribution in [1.82, 2.24) is 0 Å². The lowest BCUT2D eigenvalue weighted by molar-refractivity contribution is -0.287. The summed E-state index contributed by atoms with van der Waals surface area (Å²) in [6.45, 7) is -0.357. The first-order valence-corrected chi connectivity index (χ1v) is 3.82. The molecule has 0 aromatic heterocycles. The molecule has 0 N–H and O–H groups in total. The highest BCUT2D eigenvalue weighted by Crippen LogP contribution is 2.41. The molecule has 1 atom stereocenters. The van der Waals surface area contributed by atoms with Gasteiger partial charge < -0.3 is 4.74 Å². The van der Waals surface area contributed by atoms with E-state index < -0.39 is 30.4 Å². The number of halogens is 5. The topological polar surface area (TPSA) is 26.3 Å². The summed E-state index contributed by atoms with van der Waals surface area (Å²) in [4.78, 5) is 10.4. The number of ether oxygens (including phenoxy) is 1. The average Bonchev–Trinajstić information content (AvgIpc) is 2.31. The second-order valence-electron chi connectivity index (χ2n) is 3.16. The first-order valence-electron chi connectivity index (χ1n) is 3.82. The lowest BCUT2D eigenvalue weighted by atomic mass is 10.00. The molecule has 1 aliphatic rings. The van der Waals surface area contributed by atoms with Crippen molar-refractivity contribution < 1.29 is 31.5 Å². The number of cyclic esters (lactones) is 1. The van der Waals surface area contributed by atoms with Gasteiger partial charge in [-0.2, -0.15) is 22.0 Å². The Hall–Kier alpha value is -0.880. The Morgan fingerprint density at radius 2 is 1.86 bits per heavy atom. The fourth-order valence-corrected chi connectivity index (χ4v) is 1.17. The molecule has 82 valence electrons. The third-order valence-electron chi connectivity index (χ3n) is 1.90. The number of hydrogen-bond donors (Lipinski definition) is 0. The molecule has 0 aromatic rings. The number of hydrogen-bond acceptors (Lipinski definition) is 2. The van der Waals surface area contributed by atoms with Crippen LogP contribution in [0.25, 0.3) is 0 Å². The van der Waals surface area contributed by atoms with E-state index in [2.05, 4.69) is 4.74 Å². The summed E-state index contributed by atoms with van der Waals surface area (Å²) >= 11 is 0. The molecular weight excluding hydrogens is 211 g/mol. The quantitative estimate of drug-likeness (QED) is 0.524. The molecule has 1 fully saturated rings. The normalized spacial score (nSPS) is 23.8. The van der Waals surface area contributed by atoms with Crippen molar-refractivity contribution in [2.75, 3.05) is 6.61 Å². The maximum atomic E-state index is 12.4. The summed E-state index contributed by atoms with van der Waals surface area (Å²) in [5.41, 5.74) is 0. The standard InChI is InChI=1S/C7H7F5O2/c8-6(9,7(10,11)12)2-4-1-5(13)14-3-4/h4H,1-3H2. The van der Waals surface area contributed by atoms with Gasteiger partial charge >= 0.3 is 18.1 Å². The van der Waals surface area contributed by atoms with Crippen molar-refractivity contribution in [3.63, 3.8) is 0 Å². The highest BCUT2D eigenvalue weighted by Gasteiger charge is 2.58. The fraction of sp³-hybridized carbons (Fsp3) is 0.857. The maximum Gasteiger partial charge on any atom is 0.453 e. The minimum atomic E-state index is -5.56. The lowest BCUT2D eigenvalue weighted by Gasteiger charge is -2.21. The smallest absolute Gasteiger partial charge is 0.453 e. The predicted molar refractivity (Wildman–Crippen MR) is 34.7 cm³/mol. The molecule has 0 spiro atoms. The fourth-order valence-electron chi connectivity index (χ4n) is 1.17. The van der Waals surface area contributed by atoms with E-state index in [4.69, 9.17) is 0 Å². The Bertz CT molecular complexity index is 235. The van der Waals surface area contributed by atoms with Gasteiger partial charge in [0.2, 0.25) is 0 Å². The minimum Gasteiger partial charge on any atom is -0.465 e. The van der Waals surface area contributed by atoms with E-state index in [0.717, 1.165) is 0 Å². The summed E-state index contributed by atoms with van der Waals surface area (Å²) in [6.07, 6.45) is -7.31. The van der Waals surface area contributed by atoms with Crippen LogP contribution in [0.3, 0.4) is 0 Å². The Kier molecular flexibility index (Phi) is 2.69. The zero-order valence-electron chi connectivity index (χ0n) is 6.90. The molecule has 14 heavy (non-hydrogen) atoms. The van der Waals surface area contributed by atoms with Crippen LogP contribution in [0.15, 0.2) is 0 Å². The van der Waals surface area contributed by atoms with Crippen molar-refractivity contribution in [3.8, 4) is 0 Å². The van der Waals surface area contributed by atoms with Gasteiger partial charge in [-0.15, -0.1) is 0 Å². The number of carbonyl (C=O) groups excluding carboxylic acids is 1. The summed E-state index contributed by atoms with van der Waals surface area (Å²) in [5, 5.41) is 0. The lowest BCUT2D eigenvalue weighted by Crippen LogP contribution is -2.38. The van der Waals surface area contributed by atoms with Crippen LogP contribution in [-0.2, 0) is 9.53 Å². The van der Waals surface area contributed by atoms with Gasteiger partial charge in [-0.25, -0.2) is 0 Å². The van der Waals surface area contributed by atoms with Crippen LogP contribution in [0.1, 0.15) is 12.8 Å². The molecule has 1 heterocycles. The Morgan fingerprint density at radius 1 is 1.29 bits per heavy atom. The van der Waals surface area contributed by atoms with Crippen LogP contribution >= 0.6 is 0 Å². The van der Waals surface area contributed by atoms with E-state index >= 15 is 0 Å². The summed E-state index contributed by atoms with van der Waals surface area (Å²) < 4.78 is 64.2. The molecule has 0 aliphatic carbocycles. The first kappa shape index (κ1) is 11.2. The monoisotopic (exact) mass is 218 g/mol. The molecule has 0 radical (unpaired) electrons. The Labute approximate surface area is 76.0 Å². The summed E-state index contributed by atoms with van der Waals surface area (Å²) in [6, 6.07) is 0. The summed E-state index contributed by atoms with van der Waals surface area (Å²) in [7, 11) is 0. The zero-order valence-corrected chi connectivity index (χ0v) is 6.90. The van der Waals surface area contributed by atoms with Crippen molar-refractivity contribution in [2.45, 2.75) is 24.9 Å². The number of esters is 1. The number of alkyl halides is 5. The van der Waals surface area contributed by atoms with Gasteiger partial charge in [0, 0.05) is 12.3 Å². The van der Waals surface area contributed by atoms with E-state index in [-0.39, 0.29) is 13.0 Å². The van der Waals surface area contributed by atoms with Crippen molar-refractivity contribution in [2.24, 2.45) is 5.92 Å². The van der Waals surface area contributed by atoms with Crippen molar-refractivity contribution in [3.05, 3.63) is 0 Å². The third kappa shape index (κ3) is 2.33. The maximum absolute atomic E-state index is 12.4. The molecule has 7 heteroatoms. The molecule has 1 rings (SSSR count). The van der Waals surface area contributed by atoms with Crippen LogP contribution in [-0.4, -0.2) is 24.7 Å². The second-order valence-corrected chi connectivity index (χ2v) is 3.16. The van der Waals surface area contributed by atoms with Crippen LogP contribution < -0.4 is 0 Å². The number of rotatable bonds is 2. The Morgan fingerprint density at radius 3 is 2.21 bits per heavy atom. The van der Waals surface area contributed by atoms with Gasteiger partial charge in [-0.1, -0.05) is 0 Å². The summed E-state index contributed by atoms with van der Waals surface area (Å²) in [5.74, 6) is -6.52. The van der Waals surface area contributed by atoms with Gasteiger partial charge in [-0.3, -0.25) is 4.79 Å². The van der Waals surface area contributed by atoms with Crippen molar-refractivity contribution >= 4 is 5.97 Å². The Balaban J connectivity index is 2.55. The molecule has 2 nitrogen and oxygen atoms in total. The van der Waals surface area contributed by atoms with Gasteiger partial charge in [0.05, 0.1) is 13.0 Å². The van der Waals surface area contributed by atoms with E-state index in [0.29, 0.717) is 0 Å². The van der Waals surface area contributed by atoms with Gasteiger partial charge in [0.25, 0.3) is 0 Å². The molecule has 1 saturated heterocycles. The molecular formula is C7H7F5O2. The van der Waals surface area contributed by atoms with Gasteiger partial charge in [0.1, 0.15) is 0 Å². The molecule has 0 bridgehead atoms. The average molecular weight is 218 g/mol. The number of carbonyl (C=O) groups is 1. The largest absolute Gasteiger partial charge is 0.465 e. The van der Waals surface area contributed by atoms with Crippen LogP contribution in [0.4, 0.5) is 22.0 Å². The van der Waals surface area contributed by atoms with Crippen molar-refractivity contribution in [1.29, 1.82) is 0 Å². The third-order valence-corrected chi connectivity index (χ3v) is 1.90. The highest BCUT2D eigenvalue weighted by molar-refractivity contribution is 5.71. The highest BCUT2D eigenvalue weighted by atomic mass is 19.4. The van der Waals surface area contributed by atoms with Gasteiger partial charge in [-0.05, 0) is 0 Å². The molecule has 0 saturated carbocycles. The SMILES string of the molecule is O=C1CC(CC(F)(F)C(F)(F)F)CO1. The second kappa shape index (κ2) is 3.36. The zero-order chi connectivity index (χ0) is 11.0. The van der Waals surface area contributed by atoms with E-state index in [1.807, 2.05) is 0 Å². The van der Waals surface area contributed by atoms with E-state index in [1.165, 1.54) is 0 Å². The minimum absolute atomic E-state index is 0.357. The van der Waals surface area contributed by atoms with E-state index in [9.17, 15) is 26.7 Å². The molecule has 0 aromatic carbocycles. The van der Waals surface area contributed by atoms with Crippen LogP contribution in [0, 0.1) is 5.92 Å². The predicted octanol–water partition coefficient (Wildman–Crippen LogP) is 2.14. The van der Waals surface area contributed by atoms with Crippen LogP contribution in [0.5, 0.6) is 0 Å². The van der Waals surface area contributed by atoms with Gasteiger partial charge in [0.15, 0.2) is 0 Å². The molecule has 0 amide bonds. The van der Waals surface area contributed by atoms with Crippen LogP contribution in [0.2, 0.25) is 0 Å². The van der Waals surface area contributed by atoms with E-state index in [1.54, 1.807) is 0 Å².